The molecule has 0 unspecified atom stereocenters. The van der Waals surface area contributed by atoms with E-state index in [4.69, 9.17) is 28.4 Å². The molecule has 0 amide bonds. The molecule has 10 nitrogen and oxygen atoms in total. The Balaban J connectivity index is 1.38. The van der Waals surface area contributed by atoms with Crippen LogP contribution < -0.4 is 23.7 Å². The number of hydrogen-bond donors (Lipinski definition) is 4. The average Bonchev–Trinajstić information content (AvgIpc) is 3.22. The van der Waals surface area contributed by atoms with Crippen molar-refractivity contribution in [1.82, 2.24) is 0 Å². The van der Waals surface area contributed by atoms with Crippen LogP contribution in [0.3, 0.4) is 0 Å². The molecule has 33 heavy (non-hydrogen) atoms. The zero-order chi connectivity index (χ0) is 23.3. The molecule has 3 aliphatic rings. The monoisotopic (exact) mass is 462 g/mol. The molecule has 1 saturated heterocycles. The van der Waals surface area contributed by atoms with Crippen molar-refractivity contribution >= 4 is 0 Å². The largest absolute Gasteiger partial charge is 0.493 e. The second kappa shape index (κ2) is 8.54. The van der Waals surface area contributed by atoms with Gasteiger partial charge in [0, 0.05) is 17.2 Å². The Bertz CT molecular complexity index is 1020. The van der Waals surface area contributed by atoms with Crippen LogP contribution in [-0.4, -0.2) is 78.6 Å². The van der Waals surface area contributed by atoms with Crippen molar-refractivity contribution in [2.24, 2.45) is 0 Å². The molecule has 4 N–H and O–H groups in total. The van der Waals surface area contributed by atoms with Crippen LogP contribution in [0.4, 0.5) is 0 Å². The van der Waals surface area contributed by atoms with Crippen molar-refractivity contribution in [1.29, 1.82) is 0 Å². The van der Waals surface area contributed by atoms with Crippen molar-refractivity contribution in [2.75, 3.05) is 27.4 Å². The highest BCUT2D eigenvalue weighted by atomic mass is 16.7. The third-order valence-electron chi connectivity index (χ3n) is 6.35. The Hall–Kier alpha value is -2.76. The summed E-state index contributed by atoms with van der Waals surface area (Å²) in [4.78, 5) is 0. The fraction of sp³-hybridized carbons (Fsp3) is 0.478. The summed E-state index contributed by atoms with van der Waals surface area (Å²) in [6.07, 6.45) is -7.09. The second-order valence-electron chi connectivity index (χ2n) is 8.19. The maximum absolute atomic E-state index is 10.2. The zero-order valence-corrected chi connectivity index (χ0v) is 18.1. The van der Waals surface area contributed by atoms with E-state index < -0.39 is 37.3 Å². The van der Waals surface area contributed by atoms with E-state index in [1.54, 1.807) is 32.4 Å². The minimum Gasteiger partial charge on any atom is -0.493 e. The van der Waals surface area contributed by atoms with E-state index >= 15 is 0 Å². The number of benzene rings is 2. The van der Waals surface area contributed by atoms with E-state index in [2.05, 4.69) is 0 Å². The molecule has 0 radical (unpaired) electrons. The van der Waals surface area contributed by atoms with Crippen LogP contribution in [0.25, 0.3) is 0 Å². The molecule has 5 rings (SSSR count). The van der Waals surface area contributed by atoms with Crippen molar-refractivity contribution in [3.63, 3.8) is 0 Å². The van der Waals surface area contributed by atoms with E-state index in [9.17, 15) is 20.4 Å². The van der Waals surface area contributed by atoms with Gasteiger partial charge in [0.1, 0.15) is 42.0 Å². The number of methoxy groups -OCH3 is 2. The molecule has 2 aromatic rings. The SMILES string of the molecule is COc1ccc2c(c1OC)O[C@@H]1c3ccc(O[C@H]4O[C@@H](CO)[C@H](O)[C@H](O)[C@@H]4O)cc3OC[C@@H]21. The number of aliphatic hydroxyl groups is 4. The van der Waals surface area contributed by atoms with Gasteiger partial charge in [-0.2, -0.15) is 0 Å². The van der Waals surface area contributed by atoms with Gasteiger partial charge in [0.15, 0.2) is 11.5 Å². The normalized spacial score (nSPS) is 32.0. The third-order valence-corrected chi connectivity index (χ3v) is 6.35. The minimum atomic E-state index is -1.52. The lowest BCUT2D eigenvalue weighted by Gasteiger charge is -2.39. The Kier molecular flexibility index (Phi) is 5.71. The molecule has 0 aliphatic carbocycles. The lowest BCUT2D eigenvalue weighted by Crippen LogP contribution is -2.60. The van der Waals surface area contributed by atoms with Crippen LogP contribution in [0.1, 0.15) is 23.1 Å². The second-order valence-corrected chi connectivity index (χ2v) is 8.19. The van der Waals surface area contributed by atoms with Gasteiger partial charge in [-0.1, -0.05) is 6.07 Å². The Labute approximate surface area is 189 Å². The third kappa shape index (κ3) is 3.54. The van der Waals surface area contributed by atoms with Crippen LogP contribution in [-0.2, 0) is 4.74 Å². The molecule has 0 bridgehead atoms. The lowest BCUT2D eigenvalue weighted by atomic mass is 9.89. The molecule has 0 saturated carbocycles. The van der Waals surface area contributed by atoms with Crippen molar-refractivity contribution in [3.8, 4) is 28.7 Å². The topological polar surface area (TPSA) is 136 Å². The Morgan fingerprint density at radius 1 is 0.970 bits per heavy atom. The number of ether oxygens (including phenoxy) is 6. The average molecular weight is 462 g/mol. The summed E-state index contributed by atoms with van der Waals surface area (Å²) in [5.41, 5.74) is 1.80. The van der Waals surface area contributed by atoms with E-state index in [1.807, 2.05) is 12.1 Å². The highest BCUT2D eigenvalue weighted by Crippen LogP contribution is 2.56. The van der Waals surface area contributed by atoms with Crippen LogP contribution in [0.2, 0.25) is 0 Å². The fourth-order valence-electron chi connectivity index (χ4n) is 4.58. The molecule has 1 fully saturated rings. The predicted molar refractivity (Wildman–Crippen MR) is 112 cm³/mol. The molecule has 0 spiro atoms. The standard InChI is InChI=1S/C23H26O10/c1-28-14-6-5-11-13-9-30-15-7-10(3-4-12(15)20(13)33-21(11)22(14)29-2)31-23-19(27)18(26)17(25)16(8-24)32-23/h3-7,13,16-20,23-27H,8-9H2,1-2H3/t13-,16-,17-,18-,19-,20+,23-/m0/s1. The molecule has 0 aromatic heterocycles. The Morgan fingerprint density at radius 3 is 2.48 bits per heavy atom. The van der Waals surface area contributed by atoms with Crippen molar-refractivity contribution in [3.05, 3.63) is 41.5 Å². The van der Waals surface area contributed by atoms with Gasteiger partial charge in [-0.3, -0.25) is 0 Å². The first-order chi connectivity index (χ1) is 16.0. The lowest BCUT2D eigenvalue weighted by molar-refractivity contribution is -0.277. The van der Waals surface area contributed by atoms with Gasteiger partial charge in [-0.05, 0) is 18.2 Å². The number of hydrogen-bond acceptors (Lipinski definition) is 10. The van der Waals surface area contributed by atoms with Gasteiger partial charge in [0.2, 0.25) is 12.0 Å². The maximum Gasteiger partial charge on any atom is 0.229 e. The summed E-state index contributed by atoms with van der Waals surface area (Å²) in [6, 6.07) is 8.93. The molecule has 178 valence electrons. The highest BCUT2D eigenvalue weighted by Gasteiger charge is 2.46. The van der Waals surface area contributed by atoms with Crippen LogP contribution >= 0.6 is 0 Å². The molecule has 3 aliphatic heterocycles. The first-order valence-electron chi connectivity index (χ1n) is 10.6. The first kappa shape index (κ1) is 22.1. The smallest absolute Gasteiger partial charge is 0.229 e. The van der Waals surface area contributed by atoms with Crippen molar-refractivity contribution in [2.45, 2.75) is 42.7 Å². The quantitative estimate of drug-likeness (QED) is 0.497. The Morgan fingerprint density at radius 2 is 1.76 bits per heavy atom. The highest BCUT2D eigenvalue weighted by molar-refractivity contribution is 5.61. The summed E-state index contributed by atoms with van der Waals surface area (Å²) < 4.78 is 34.3. The van der Waals surface area contributed by atoms with Gasteiger partial charge in [0.25, 0.3) is 0 Å². The van der Waals surface area contributed by atoms with Crippen molar-refractivity contribution < 1.29 is 48.8 Å². The molecule has 2 aromatic carbocycles. The summed E-state index contributed by atoms with van der Waals surface area (Å²) in [7, 11) is 3.14. The predicted octanol–water partition coefficient (Wildman–Crippen LogP) is 0.492. The van der Waals surface area contributed by atoms with Crippen LogP contribution in [0.5, 0.6) is 28.7 Å². The fourth-order valence-corrected chi connectivity index (χ4v) is 4.58. The minimum absolute atomic E-state index is 0.0236. The first-order valence-corrected chi connectivity index (χ1v) is 10.6. The van der Waals surface area contributed by atoms with E-state index in [0.717, 1.165) is 11.1 Å². The summed E-state index contributed by atoms with van der Waals surface area (Å²) in [5.74, 6) is 2.60. The molecule has 10 heteroatoms. The van der Waals surface area contributed by atoms with Gasteiger partial charge >= 0.3 is 0 Å². The molecule has 3 heterocycles. The summed E-state index contributed by atoms with van der Waals surface area (Å²) in [6.45, 7) is -0.156. The van der Waals surface area contributed by atoms with E-state index in [0.29, 0.717) is 35.4 Å². The maximum atomic E-state index is 10.2. The van der Waals surface area contributed by atoms with Gasteiger partial charge in [-0.15, -0.1) is 0 Å². The van der Waals surface area contributed by atoms with E-state index in [-0.39, 0.29) is 12.0 Å². The van der Waals surface area contributed by atoms with Gasteiger partial charge < -0.3 is 48.8 Å². The van der Waals surface area contributed by atoms with Crippen LogP contribution in [0.15, 0.2) is 30.3 Å². The number of rotatable bonds is 5. The van der Waals surface area contributed by atoms with Gasteiger partial charge in [0.05, 0.1) is 33.4 Å². The van der Waals surface area contributed by atoms with Gasteiger partial charge in [-0.25, -0.2) is 0 Å². The molecule has 7 atom stereocenters. The zero-order valence-electron chi connectivity index (χ0n) is 18.1. The summed E-state index contributed by atoms with van der Waals surface area (Å²) in [5, 5.41) is 39.5. The number of fused-ring (bicyclic) bond motifs is 5. The molecular formula is C23H26O10. The molecular weight excluding hydrogens is 436 g/mol. The van der Waals surface area contributed by atoms with E-state index in [1.165, 1.54) is 0 Å². The summed E-state index contributed by atoms with van der Waals surface area (Å²) >= 11 is 0. The van der Waals surface area contributed by atoms with Crippen LogP contribution in [0, 0.1) is 0 Å². The number of aliphatic hydroxyl groups excluding tert-OH is 4.